The van der Waals surface area contributed by atoms with Gasteiger partial charge in [0, 0.05) is 17.0 Å². The van der Waals surface area contributed by atoms with Crippen LogP contribution in [0.4, 0.5) is 5.13 Å². The third kappa shape index (κ3) is 5.09. The molecular formula is C24H22N2O5S. The molecule has 32 heavy (non-hydrogen) atoms. The van der Waals surface area contributed by atoms with Crippen molar-refractivity contribution in [2.45, 2.75) is 0 Å². The summed E-state index contributed by atoms with van der Waals surface area (Å²) in [5.41, 5.74) is 2.59. The number of fused-ring (bicyclic) bond motifs is 1. The Morgan fingerprint density at radius 2 is 1.84 bits per heavy atom. The molecule has 0 saturated carbocycles. The molecule has 0 saturated heterocycles. The summed E-state index contributed by atoms with van der Waals surface area (Å²) in [7, 11) is 3.18. The van der Waals surface area contributed by atoms with Gasteiger partial charge < -0.3 is 18.9 Å². The summed E-state index contributed by atoms with van der Waals surface area (Å²) in [6.45, 7) is 1.08. The van der Waals surface area contributed by atoms with Crippen LogP contribution in [-0.2, 0) is 4.79 Å². The molecule has 0 aliphatic carbocycles. The van der Waals surface area contributed by atoms with Gasteiger partial charge in [-0.3, -0.25) is 10.1 Å². The number of thiazole rings is 1. The second kappa shape index (κ2) is 10.0. The lowest BCUT2D eigenvalue weighted by atomic mass is 10.1. The predicted molar refractivity (Wildman–Crippen MR) is 125 cm³/mol. The third-order valence-corrected chi connectivity index (χ3v) is 5.38. The number of carbonyl (C=O) groups is 1. The SMILES string of the molecule is COc1ccc(/C=C/C=C/C(=O)Nc2nc(-c3ccc4c(c3)OCCO4)cs2)cc1OC. The fourth-order valence-corrected chi connectivity index (χ4v) is 3.80. The van der Waals surface area contributed by atoms with E-state index >= 15 is 0 Å². The zero-order valence-corrected chi connectivity index (χ0v) is 18.5. The maximum Gasteiger partial charge on any atom is 0.250 e. The number of hydrogen-bond donors (Lipinski definition) is 1. The second-order valence-corrected chi connectivity index (χ2v) is 7.58. The molecule has 0 spiro atoms. The van der Waals surface area contributed by atoms with Crippen molar-refractivity contribution < 1.29 is 23.7 Å². The Morgan fingerprint density at radius 1 is 1.03 bits per heavy atom. The molecule has 4 rings (SSSR count). The molecule has 2 aromatic carbocycles. The number of carbonyl (C=O) groups excluding carboxylic acids is 1. The Bertz CT molecular complexity index is 1170. The highest BCUT2D eigenvalue weighted by molar-refractivity contribution is 7.14. The van der Waals surface area contributed by atoms with Crippen molar-refractivity contribution in [3.63, 3.8) is 0 Å². The average Bonchev–Trinajstić information content (AvgIpc) is 3.29. The van der Waals surface area contributed by atoms with Crippen molar-refractivity contribution in [1.29, 1.82) is 0 Å². The number of amides is 1. The van der Waals surface area contributed by atoms with Crippen molar-refractivity contribution >= 4 is 28.5 Å². The number of ether oxygens (including phenoxy) is 4. The molecule has 0 radical (unpaired) electrons. The summed E-state index contributed by atoms with van der Waals surface area (Å²) in [5, 5.41) is 5.19. The minimum Gasteiger partial charge on any atom is -0.493 e. The monoisotopic (exact) mass is 450 g/mol. The van der Waals surface area contributed by atoms with Crippen molar-refractivity contribution in [2.24, 2.45) is 0 Å². The quantitative estimate of drug-likeness (QED) is 0.411. The summed E-state index contributed by atoms with van der Waals surface area (Å²) in [4.78, 5) is 16.7. The highest BCUT2D eigenvalue weighted by Crippen LogP contribution is 2.35. The molecular weight excluding hydrogens is 428 g/mol. The van der Waals surface area contributed by atoms with E-state index in [0.29, 0.717) is 35.6 Å². The van der Waals surface area contributed by atoms with Gasteiger partial charge in [0.05, 0.1) is 19.9 Å². The Morgan fingerprint density at radius 3 is 2.66 bits per heavy atom. The van der Waals surface area contributed by atoms with Gasteiger partial charge in [0.1, 0.15) is 13.2 Å². The standard InChI is InChI=1S/C24H22N2O5S/c1-28-19-9-7-16(13-21(19)29-2)5-3-4-6-23(27)26-24-25-18(15-32-24)17-8-10-20-22(14-17)31-12-11-30-20/h3-10,13-15H,11-12H2,1-2H3,(H,25,26,27)/b5-3+,6-4+. The number of rotatable bonds is 7. The van der Waals surface area contributed by atoms with E-state index in [1.807, 2.05) is 47.9 Å². The molecule has 2 heterocycles. The lowest BCUT2D eigenvalue weighted by Gasteiger charge is -2.18. The van der Waals surface area contributed by atoms with Gasteiger partial charge in [-0.1, -0.05) is 24.3 Å². The Balaban J connectivity index is 1.35. The van der Waals surface area contributed by atoms with Gasteiger partial charge in [-0.15, -0.1) is 11.3 Å². The van der Waals surface area contributed by atoms with Crippen LogP contribution in [0.1, 0.15) is 5.56 Å². The van der Waals surface area contributed by atoms with Crippen LogP contribution in [0.5, 0.6) is 23.0 Å². The minimum atomic E-state index is -0.259. The maximum absolute atomic E-state index is 12.2. The van der Waals surface area contributed by atoms with Crippen LogP contribution in [0, 0.1) is 0 Å². The van der Waals surface area contributed by atoms with Gasteiger partial charge in [0.15, 0.2) is 28.1 Å². The van der Waals surface area contributed by atoms with Crippen LogP contribution in [0.15, 0.2) is 60.0 Å². The van der Waals surface area contributed by atoms with Gasteiger partial charge in [0.25, 0.3) is 0 Å². The fraction of sp³-hybridized carbons (Fsp3) is 0.167. The molecule has 0 unspecified atom stereocenters. The predicted octanol–water partition coefficient (Wildman–Crippen LogP) is 4.81. The largest absolute Gasteiger partial charge is 0.493 e. The van der Waals surface area contributed by atoms with Crippen molar-refractivity contribution in [2.75, 3.05) is 32.8 Å². The van der Waals surface area contributed by atoms with E-state index in [1.54, 1.807) is 26.4 Å². The van der Waals surface area contributed by atoms with Gasteiger partial charge in [-0.05, 0) is 35.9 Å². The van der Waals surface area contributed by atoms with Crippen molar-refractivity contribution in [3.8, 4) is 34.3 Å². The molecule has 164 valence electrons. The van der Waals surface area contributed by atoms with E-state index in [0.717, 1.165) is 22.6 Å². The van der Waals surface area contributed by atoms with E-state index in [4.69, 9.17) is 18.9 Å². The first kappa shape index (κ1) is 21.5. The first-order chi connectivity index (χ1) is 15.7. The van der Waals surface area contributed by atoms with Gasteiger partial charge in [-0.2, -0.15) is 0 Å². The van der Waals surface area contributed by atoms with E-state index in [-0.39, 0.29) is 5.91 Å². The number of nitrogens with one attached hydrogen (secondary N) is 1. The van der Waals surface area contributed by atoms with E-state index in [1.165, 1.54) is 17.4 Å². The molecule has 1 aliphatic rings. The molecule has 1 aromatic heterocycles. The number of hydrogen-bond acceptors (Lipinski definition) is 7. The van der Waals surface area contributed by atoms with E-state index in [2.05, 4.69) is 10.3 Å². The lowest BCUT2D eigenvalue weighted by Crippen LogP contribution is -2.15. The summed E-state index contributed by atoms with van der Waals surface area (Å²) in [6, 6.07) is 11.3. The summed E-state index contributed by atoms with van der Waals surface area (Å²) >= 11 is 1.36. The topological polar surface area (TPSA) is 78.9 Å². The van der Waals surface area contributed by atoms with Crippen molar-refractivity contribution in [3.05, 3.63) is 65.6 Å². The normalized spacial score (nSPS) is 12.8. The highest BCUT2D eigenvalue weighted by atomic mass is 32.1. The highest BCUT2D eigenvalue weighted by Gasteiger charge is 2.14. The van der Waals surface area contributed by atoms with Crippen LogP contribution in [0.2, 0.25) is 0 Å². The summed E-state index contributed by atoms with van der Waals surface area (Å²) in [5.74, 6) is 2.49. The zero-order valence-electron chi connectivity index (χ0n) is 17.7. The number of methoxy groups -OCH3 is 2. The zero-order chi connectivity index (χ0) is 22.3. The minimum absolute atomic E-state index is 0.259. The van der Waals surface area contributed by atoms with Crippen LogP contribution in [0.25, 0.3) is 17.3 Å². The molecule has 1 amide bonds. The fourth-order valence-electron chi connectivity index (χ4n) is 3.08. The van der Waals surface area contributed by atoms with Gasteiger partial charge in [0.2, 0.25) is 5.91 Å². The van der Waals surface area contributed by atoms with Crippen LogP contribution in [-0.4, -0.2) is 38.3 Å². The molecule has 0 atom stereocenters. The van der Waals surface area contributed by atoms with Crippen LogP contribution in [0.3, 0.4) is 0 Å². The van der Waals surface area contributed by atoms with Crippen molar-refractivity contribution in [1.82, 2.24) is 4.98 Å². The Labute approximate surface area is 189 Å². The number of benzene rings is 2. The number of nitrogens with zero attached hydrogens (tertiary/aromatic N) is 1. The van der Waals surface area contributed by atoms with Gasteiger partial charge >= 0.3 is 0 Å². The van der Waals surface area contributed by atoms with Crippen LogP contribution < -0.4 is 24.3 Å². The van der Waals surface area contributed by atoms with E-state index in [9.17, 15) is 4.79 Å². The van der Waals surface area contributed by atoms with E-state index < -0.39 is 0 Å². The molecule has 1 N–H and O–H groups in total. The number of anilines is 1. The first-order valence-electron chi connectivity index (χ1n) is 9.89. The molecule has 8 heteroatoms. The first-order valence-corrected chi connectivity index (χ1v) is 10.8. The molecule has 7 nitrogen and oxygen atoms in total. The molecule has 0 fully saturated rings. The van der Waals surface area contributed by atoms with Gasteiger partial charge in [-0.25, -0.2) is 4.98 Å². The average molecular weight is 451 g/mol. The Kier molecular flexibility index (Phi) is 6.72. The second-order valence-electron chi connectivity index (χ2n) is 6.72. The summed E-state index contributed by atoms with van der Waals surface area (Å²) < 4.78 is 21.7. The number of aromatic nitrogens is 1. The Hall–Kier alpha value is -3.78. The third-order valence-electron chi connectivity index (χ3n) is 4.63. The van der Waals surface area contributed by atoms with Crippen LogP contribution >= 0.6 is 11.3 Å². The smallest absolute Gasteiger partial charge is 0.250 e. The maximum atomic E-state index is 12.2. The number of allylic oxidation sites excluding steroid dienone is 2. The lowest BCUT2D eigenvalue weighted by molar-refractivity contribution is -0.111. The summed E-state index contributed by atoms with van der Waals surface area (Å²) in [6.07, 6.45) is 6.77. The molecule has 3 aromatic rings. The molecule has 1 aliphatic heterocycles. The molecule has 0 bridgehead atoms.